The number of hydrogen-bond donors (Lipinski definition) is 2. The van der Waals surface area contributed by atoms with Crippen LogP contribution in [-0.4, -0.2) is 36.5 Å². The van der Waals surface area contributed by atoms with Crippen LogP contribution in [0.3, 0.4) is 0 Å². The standard InChI is InChI=1S/C15H33NO2/c1-5-9-14(3)18-12-8-7-10-15(4,13-17)16-11-6-2/h14,16-17H,5-13H2,1-4H3. The Morgan fingerprint density at radius 1 is 1.22 bits per heavy atom. The molecule has 0 aromatic carbocycles. The maximum absolute atomic E-state index is 9.43. The second kappa shape index (κ2) is 10.8. The summed E-state index contributed by atoms with van der Waals surface area (Å²) in [6.07, 6.45) is 7.01. The molecule has 0 aromatic heterocycles. The number of nitrogens with one attached hydrogen (secondary N) is 1. The quantitative estimate of drug-likeness (QED) is 0.529. The minimum absolute atomic E-state index is 0.120. The van der Waals surface area contributed by atoms with E-state index >= 15 is 0 Å². The zero-order chi connectivity index (χ0) is 13.9. The van der Waals surface area contributed by atoms with E-state index in [1.54, 1.807) is 0 Å². The fourth-order valence-electron chi connectivity index (χ4n) is 2.04. The van der Waals surface area contributed by atoms with Crippen molar-refractivity contribution < 1.29 is 9.84 Å². The molecule has 0 bridgehead atoms. The summed E-state index contributed by atoms with van der Waals surface area (Å²) in [6.45, 7) is 10.6. The minimum atomic E-state index is -0.120. The lowest BCUT2D eigenvalue weighted by Crippen LogP contribution is -2.46. The summed E-state index contributed by atoms with van der Waals surface area (Å²) in [5.41, 5.74) is -0.120. The molecule has 0 heterocycles. The Labute approximate surface area is 113 Å². The molecule has 0 aliphatic heterocycles. The average Bonchev–Trinajstić information content (AvgIpc) is 2.36. The van der Waals surface area contributed by atoms with Crippen molar-refractivity contribution in [3.8, 4) is 0 Å². The van der Waals surface area contributed by atoms with E-state index in [4.69, 9.17) is 4.74 Å². The molecule has 110 valence electrons. The lowest BCUT2D eigenvalue weighted by atomic mass is 9.95. The zero-order valence-corrected chi connectivity index (χ0v) is 12.8. The van der Waals surface area contributed by atoms with Crippen molar-refractivity contribution in [3.05, 3.63) is 0 Å². The van der Waals surface area contributed by atoms with Gasteiger partial charge in [-0.25, -0.2) is 0 Å². The normalized spacial score (nSPS) is 16.5. The summed E-state index contributed by atoms with van der Waals surface area (Å²) >= 11 is 0. The molecule has 2 N–H and O–H groups in total. The van der Waals surface area contributed by atoms with Crippen LogP contribution in [0.1, 0.15) is 66.2 Å². The van der Waals surface area contributed by atoms with Gasteiger partial charge in [-0.1, -0.05) is 20.3 Å². The molecular weight excluding hydrogens is 226 g/mol. The van der Waals surface area contributed by atoms with Crippen LogP contribution in [-0.2, 0) is 4.74 Å². The molecule has 0 spiro atoms. The number of aliphatic hydroxyl groups excluding tert-OH is 1. The fraction of sp³-hybridized carbons (Fsp3) is 1.00. The molecule has 0 aliphatic carbocycles. The van der Waals surface area contributed by atoms with Gasteiger partial charge >= 0.3 is 0 Å². The molecule has 3 nitrogen and oxygen atoms in total. The van der Waals surface area contributed by atoms with Gasteiger partial charge in [0.05, 0.1) is 12.7 Å². The topological polar surface area (TPSA) is 41.5 Å². The van der Waals surface area contributed by atoms with Crippen molar-refractivity contribution in [1.82, 2.24) is 5.32 Å². The second-order valence-corrected chi connectivity index (χ2v) is 5.57. The first-order chi connectivity index (χ1) is 8.58. The van der Waals surface area contributed by atoms with Crippen LogP contribution >= 0.6 is 0 Å². The number of aliphatic hydroxyl groups is 1. The van der Waals surface area contributed by atoms with Crippen molar-refractivity contribution >= 4 is 0 Å². The summed E-state index contributed by atoms with van der Waals surface area (Å²) in [5, 5.41) is 12.9. The van der Waals surface area contributed by atoms with Gasteiger partial charge < -0.3 is 15.2 Å². The largest absolute Gasteiger partial charge is 0.394 e. The Morgan fingerprint density at radius 2 is 1.94 bits per heavy atom. The molecule has 0 saturated heterocycles. The van der Waals surface area contributed by atoms with Crippen molar-refractivity contribution in [1.29, 1.82) is 0 Å². The lowest BCUT2D eigenvalue weighted by molar-refractivity contribution is 0.0551. The summed E-state index contributed by atoms with van der Waals surface area (Å²) in [4.78, 5) is 0. The summed E-state index contributed by atoms with van der Waals surface area (Å²) in [5.74, 6) is 0. The SMILES string of the molecule is CCCNC(C)(CO)CCCCOC(C)CCC. The third-order valence-electron chi connectivity index (χ3n) is 3.37. The predicted molar refractivity (Wildman–Crippen MR) is 78.0 cm³/mol. The Kier molecular flexibility index (Phi) is 10.7. The smallest absolute Gasteiger partial charge is 0.0610 e. The molecule has 0 aromatic rings. The van der Waals surface area contributed by atoms with Crippen LogP contribution < -0.4 is 5.32 Å². The van der Waals surface area contributed by atoms with Crippen molar-refractivity contribution in [2.75, 3.05) is 19.8 Å². The summed E-state index contributed by atoms with van der Waals surface area (Å²) in [7, 11) is 0. The van der Waals surface area contributed by atoms with E-state index in [1.807, 2.05) is 0 Å². The lowest BCUT2D eigenvalue weighted by Gasteiger charge is -2.29. The van der Waals surface area contributed by atoms with Crippen LogP contribution in [0, 0.1) is 0 Å². The highest BCUT2D eigenvalue weighted by Gasteiger charge is 2.21. The molecule has 3 heteroatoms. The molecule has 2 unspecified atom stereocenters. The summed E-state index contributed by atoms with van der Waals surface area (Å²) < 4.78 is 5.73. The average molecular weight is 259 g/mol. The van der Waals surface area contributed by atoms with E-state index in [2.05, 4.69) is 33.0 Å². The highest BCUT2D eigenvalue weighted by atomic mass is 16.5. The number of ether oxygens (including phenoxy) is 1. The molecular formula is C15H33NO2. The van der Waals surface area contributed by atoms with Crippen molar-refractivity contribution in [3.63, 3.8) is 0 Å². The van der Waals surface area contributed by atoms with Crippen LogP contribution in [0.2, 0.25) is 0 Å². The van der Waals surface area contributed by atoms with Crippen LogP contribution in [0.15, 0.2) is 0 Å². The fourth-order valence-corrected chi connectivity index (χ4v) is 2.04. The molecule has 0 rings (SSSR count). The monoisotopic (exact) mass is 259 g/mol. The van der Waals surface area contributed by atoms with Gasteiger partial charge in [-0.05, 0) is 52.5 Å². The highest BCUT2D eigenvalue weighted by Crippen LogP contribution is 2.14. The van der Waals surface area contributed by atoms with E-state index in [1.165, 1.54) is 6.42 Å². The number of rotatable bonds is 12. The van der Waals surface area contributed by atoms with Gasteiger partial charge in [0.25, 0.3) is 0 Å². The van der Waals surface area contributed by atoms with Crippen molar-refractivity contribution in [2.24, 2.45) is 0 Å². The van der Waals surface area contributed by atoms with Crippen LogP contribution in [0.25, 0.3) is 0 Å². The Balaban J connectivity index is 3.61. The second-order valence-electron chi connectivity index (χ2n) is 5.57. The zero-order valence-electron chi connectivity index (χ0n) is 12.8. The molecule has 0 fully saturated rings. The van der Waals surface area contributed by atoms with Crippen LogP contribution in [0.5, 0.6) is 0 Å². The molecule has 0 amide bonds. The molecule has 0 radical (unpaired) electrons. The third kappa shape index (κ3) is 8.90. The first-order valence-corrected chi connectivity index (χ1v) is 7.55. The number of hydrogen-bond acceptors (Lipinski definition) is 3. The van der Waals surface area contributed by atoms with Gasteiger partial charge in [0.1, 0.15) is 0 Å². The van der Waals surface area contributed by atoms with E-state index in [0.29, 0.717) is 6.10 Å². The van der Waals surface area contributed by atoms with Gasteiger partial charge in [-0.3, -0.25) is 0 Å². The van der Waals surface area contributed by atoms with Crippen molar-refractivity contribution in [2.45, 2.75) is 77.9 Å². The number of unbranched alkanes of at least 4 members (excludes halogenated alkanes) is 1. The Hall–Kier alpha value is -0.120. The van der Waals surface area contributed by atoms with Gasteiger partial charge in [0.15, 0.2) is 0 Å². The first-order valence-electron chi connectivity index (χ1n) is 7.55. The minimum Gasteiger partial charge on any atom is -0.394 e. The Bertz CT molecular complexity index is 187. The maximum Gasteiger partial charge on any atom is 0.0610 e. The van der Waals surface area contributed by atoms with Gasteiger partial charge in [0.2, 0.25) is 0 Å². The third-order valence-corrected chi connectivity index (χ3v) is 3.37. The summed E-state index contributed by atoms with van der Waals surface area (Å²) in [6, 6.07) is 0. The molecule has 0 aliphatic rings. The van der Waals surface area contributed by atoms with Gasteiger partial charge in [-0.2, -0.15) is 0 Å². The van der Waals surface area contributed by atoms with E-state index < -0.39 is 0 Å². The predicted octanol–water partition coefficient (Wildman–Crippen LogP) is 3.11. The molecule has 2 atom stereocenters. The van der Waals surface area contributed by atoms with Gasteiger partial charge in [0, 0.05) is 12.1 Å². The first kappa shape index (κ1) is 17.9. The van der Waals surface area contributed by atoms with E-state index in [-0.39, 0.29) is 12.1 Å². The highest BCUT2D eigenvalue weighted by molar-refractivity contribution is 4.81. The maximum atomic E-state index is 9.43. The molecule has 18 heavy (non-hydrogen) atoms. The molecule has 0 saturated carbocycles. The van der Waals surface area contributed by atoms with Gasteiger partial charge in [-0.15, -0.1) is 0 Å². The van der Waals surface area contributed by atoms with E-state index in [0.717, 1.165) is 45.3 Å². The van der Waals surface area contributed by atoms with E-state index in [9.17, 15) is 5.11 Å². The van der Waals surface area contributed by atoms with Crippen LogP contribution in [0.4, 0.5) is 0 Å². The Morgan fingerprint density at radius 3 is 2.50 bits per heavy atom.